The summed E-state index contributed by atoms with van der Waals surface area (Å²) in [5.74, 6) is 0. The van der Waals surface area contributed by atoms with Gasteiger partial charge in [-0.1, -0.05) is 35.9 Å². The number of anilines is 2. The Bertz CT molecular complexity index is 1110. The predicted molar refractivity (Wildman–Crippen MR) is 115 cm³/mol. The Morgan fingerprint density at radius 1 is 0.893 bits per heavy atom. The second-order valence-electron chi connectivity index (χ2n) is 5.92. The average Bonchev–Trinajstić information content (AvgIpc) is 3.19. The van der Waals surface area contributed by atoms with Crippen LogP contribution in [-0.4, -0.2) is 16.0 Å². The van der Waals surface area contributed by atoms with E-state index in [1.165, 1.54) is 11.3 Å². The molecule has 0 saturated carbocycles. The van der Waals surface area contributed by atoms with Gasteiger partial charge in [0.15, 0.2) is 0 Å². The zero-order valence-corrected chi connectivity index (χ0v) is 16.2. The number of carbonyl (C=O) groups is 1. The molecule has 0 radical (unpaired) electrons. The number of carbonyl (C=O) groups excluding carboxylic acids is 1. The molecule has 138 valence electrons. The molecule has 7 heteroatoms. The molecule has 0 aliphatic rings. The maximum absolute atomic E-state index is 12.2. The van der Waals surface area contributed by atoms with Gasteiger partial charge >= 0.3 is 6.03 Å². The third kappa shape index (κ3) is 4.36. The van der Waals surface area contributed by atoms with Gasteiger partial charge in [-0.15, -0.1) is 11.3 Å². The van der Waals surface area contributed by atoms with Crippen molar-refractivity contribution in [3.63, 3.8) is 0 Å². The summed E-state index contributed by atoms with van der Waals surface area (Å²) in [7, 11) is 0. The summed E-state index contributed by atoms with van der Waals surface area (Å²) in [6, 6.07) is 19.9. The van der Waals surface area contributed by atoms with Crippen molar-refractivity contribution in [2.75, 3.05) is 10.6 Å². The van der Waals surface area contributed by atoms with E-state index >= 15 is 0 Å². The molecule has 0 aliphatic carbocycles. The van der Waals surface area contributed by atoms with Gasteiger partial charge in [-0.3, -0.25) is 4.98 Å². The van der Waals surface area contributed by atoms with E-state index in [1.807, 2.05) is 47.8 Å². The Morgan fingerprint density at radius 3 is 2.43 bits per heavy atom. The van der Waals surface area contributed by atoms with Gasteiger partial charge in [-0.2, -0.15) is 0 Å². The summed E-state index contributed by atoms with van der Waals surface area (Å²) in [4.78, 5) is 21.2. The highest BCUT2D eigenvalue weighted by atomic mass is 35.5. The highest BCUT2D eigenvalue weighted by Crippen LogP contribution is 2.29. The Morgan fingerprint density at radius 2 is 1.68 bits per heavy atom. The van der Waals surface area contributed by atoms with Crippen LogP contribution in [0.2, 0.25) is 5.02 Å². The molecular formula is C21H15ClN4OS. The summed E-state index contributed by atoms with van der Waals surface area (Å²) in [6.07, 6.45) is 1.75. The lowest BCUT2D eigenvalue weighted by Crippen LogP contribution is -2.19. The quantitative estimate of drug-likeness (QED) is 0.426. The van der Waals surface area contributed by atoms with E-state index < -0.39 is 0 Å². The number of nitrogens with one attached hydrogen (secondary N) is 2. The number of aromatic nitrogens is 2. The molecule has 0 saturated heterocycles. The van der Waals surface area contributed by atoms with E-state index in [1.54, 1.807) is 30.5 Å². The van der Waals surface area contributed by atoms with Crippen LogP contribution in [0.4, 0.5) is 16.2 Å². The van der Waals surface area contributed by atoms with Gasteiger partial charge in [0, 0.05) is 33.5 Å². The van der Waals surface area contributed by atoms with Crippen LogP contribution in [0.3, 0.4) is 0 Å². The lowest BCUT2D eigenvalue weighted by molar-refractivity contribution is 0.262. The monoisotopic (exact) mass is 406 g/mol. The minimum absolute atomic E-state index is 0.341. The zero-order valence-electron chi connectivity index (χ0n) is 14.6. The van der Waals surface area contributed by atoms with Crippen molar-refractivity contribution in [2.45, 2.75) is 0 Å². The van der Waals surface area contributed by atoms with Crippen LogP contribution in [0.25, 0.3) is 22.0 Å². The van der Waals surface area contributed by atoms with Crippen molar-refractivity contribution >= 4 is 40.3 Å². The fourth-order valence-electron chi connectivity index (χ4n) is 2.63. The van der Waals surface area contributed by atoms with Gasteiger partial charge in [0.25, 0.3) is 0 Å². The first-order chi connectivity index (χ1) is 13.7. The topological polar surface area (TPSA) is 66.9 Å². The van der Waals surface area contributed by atoms with Gasteiger partial charge in [0.05, 0.1) is 11.4 Å². The van der Waals surface area contributed by atoms with Crippen molar-refractivity contribution in [1.29, 1.82) is 0 Å². The number of amides is 2. The number of hydrogen-bond donors (Lipinski definition) is 2. The fourth-order valence-corrected chi connectivity index (χ4v) is 3.62. The number of hydrogen-bond acceptors (Lipinski definition) is 4. The third-order valence-electron chi connectivity index (χ3n) is 3.89. The normalized spacial score (nSPS) is 10.5. The third-order valence-corrected chi connectivity index (χ3v) is 4.99. The molecule has 5 nitrogen and oxygen atoms in total. The molecule has 0 atom stereocenters. The summed E-state index contributed by atoms with van der Waals surface area (Å²) in [5.41, 5.74) is 3.89. The molecule has 2 amide bonds. The molecular weight excluding hydrogens is 392 g/mol. The second-order valence-corrected chi connectivity index (χ2v) is 7.22. The molecule has 0 spiro atoms. The van der Waals surface area contributed by atoms with Crippen molar-refractivity contribution in [1.82, 2.24) is 9.97 Å². The summed E-state index contributed by atoms with van der Waals surface area (Å²) >= 11 is 7.48. The number of urea groups is 1. The largest absolute Gasteiger partial charge is 0.323 e. The van der Waals surface area contributed by atoms with Crippen LogP contribution in [0.1, 0.15) is 0 Å². The van der Waals surface area contributed by atoms with Crippen LogP contribution in [0, 0.1) is 0 Å². The van der Waals surface area contributed by atoms with Gasteiger partial charge in [0.2, 0.25) is 0 Å². The number of rotatable bonds is 4. The highest BCUT2D eigenvalue weighted by Gasteiger charge is 2.09. The number of halogens is 1. The van der Waals surface area contributed by atoms with E-state index in [2.05, 4.69) is 20.6 Å². The summed E-state index contributed by atoms with van der Waals surface area (Å²) < 4.78 is 0. The number of nitrogens with zero attached hydrogens (tertiary/aromatic N) is 2. The molecule has 4 rings (SSSR count). The van der Waals surface area contributed by atoms with E-state index in [4.69, 9.17) is 11.6 Å². The van der Waals surface area contributed by atoms with Gasteiger partial charge < -0.3 is 10.6 Å². The first-order valence-corrected chi connectivity index (χ1v) is 9.74. The Labute approximate surface area is 171 Å². The van der Waals surface area contributed by atoms with Crippen LogP contribution in [-0.2, 0) is 0 Å². The SMILES string of the molecule is O=C(Nc1cccc(Cl)c1)Nc1cccc(-c2csc(-c3ccccn3)n2)c1. The molecule has 2 heterocycles. The van der Waals surface area contributed by atoms with Crippen molar-refractivity contribution in [2.24, 2.45) is 0 Å². The smallest absolute Gasteiger partial charge is 0.308 e. The standard InChI is InChI=1S/C21H15ClN4OS/c22-15-6-4-8-17(12-15)25-21(27)24-16-7-3-5-14(11-16)19-13-28-20(26-19)18-9-1-2-10-23-18/h1-13H,(H2,24,25,27). The highest BCUT2D eigenvalue weighted by molar-refractivity contribution is 7.13. The predicted octanol–water partition coefficient (Wildman–Crippen LogP) is 6.17. The van der Waals surface area contributed by atoms with Gasteiger partial charge in [-0.25, -0.2) is 9.78 Å². The van der Waals surface area contributed by atoms with Crippen LogP contribution in [0.5, 0.6) is 0 Å². The van der Waals surface area contributed by atoms with E-state index in [0.717, 1.165) is 22.0 Å². The zero-order chi connectivity index (χ0) is 19.3. The molecule has 28 heavy (non-hydrogen) atoms. The van der Waals surface area contributed by atoms with Crippen molar-refractivity contribution in [3.8, 4) is 22.0 Å². The van der Waals surface area contributed by atoms with Gasteiger partial charge in [-0.05, 0) is 42.5 Å². The summed E-state index contributed by atoms with van der Waals surface area (Å²) in [6.45, 7) is 0. The minimum Gasteiger partial charge on any atom is -0.308 e. The fraction of sp³-hybridized carbons (Fsp3) is 0. The summed E-state index contributed by atoms with van der Waals surface area (Å²) in [5, 5.41) is 8.99. The van der Waals surface area contributed by atoms with Crippen LogP contribution < -0.4 is 10.6 Å². The van der Waals surface area contributed by atoms with E-state index in [9.17, 15) is 4.79 Å². The molecule has 0 fully saturated rings. The minimum atomic E-state index is -0.341. The van der Waals surface area contributed by atoms with E-state index in [-0.39, 0.29) is 6.03 Å². The first-order valence-electron chi connectivity index (χ1n) is 8.48. The average molecular weight is 407 g/mol. The van der Waals surface area contributed by atoms with E-state index in [0.29, 0.717) is 16.4 Å². The maximum atomic E-state index is 12.2. The Hall–Kier alpha value is -3.22. The molecule has 0 unspecified atom stereocenters. The number of benzene rings is 2. The molecule has 2 N–H and O–H groups in total. The second kappa shape index (κ2) is 8.21. The molecule has 4 aromatic rings. The molecule has 0 aliphatic heterocycles. The number of pyridine rings is 1. The van der Waals surface area contributed by atoms with Crippen molar-refractivity contribution in [3.05, 3.63) is 83.3 Å². The Kier molecular flexibility index (Phi) is 5.32. The molecule has 2 aromatic carbocycles. The molecule has 0 bridgehead atoms. The lowest BCUT2D eigenvalue weighted by atomic mass is 10.1. The Balaban J connectivity index is 1.49. The first kappa shape index (κ1) is 18.2. The molecule has 2 aromatic heterocycles. The lowest BCUT2D eigenvalue weighted by Gasteiger charge is -2.09. The van der Waals surface area contributed by atoms with Gasteiger partial charge in [0.1, 0.15) is 5.01 Å². The van der Waals surface area contributed by atoms with Crippen molar-refractivity contribution < 1.29 is 4.79 Å². The number of thiazole rings is 1. The van der Waals surface area contributed by atoms with Crippen LogP contribution in [0.15, 0.2) is 78.3 Å². The maximum Gasteiger partial charge on any atom is 0.323 e. The van der Waals surface area contributed by atoms with Crippen LogP contribution >= 0.6 is 22.9 Å².